The van der Waals surface area contributed by atoms with Crippen molar-refractivity contribution in [3.63, 3.8) is 0 Å². The minimum absolute atomic E-state index is 0.0809. The summed E-state index contributed by atoms with van der Waals surface area (Å²) in [5.41, 5.74) is 0.423. The number of carbonyl (C=O) groups is 1. The maximum absolute atomic E-state index is 12.6. The highest BCUT2D eigenvalue weighted by Gasteiger charge is 2.34. The van der Waals surface area contributed by atoms with Crippen LogP contribution in [-0.2, 0) is 24.7 Å². The monoisotopic (exact) mass is 416 g/mol. The van der Waals surface area contributed by atoms with Gasteiger partial charge in [-0.1, -0.05) is 6.07 Å². The zero-order valence-electron chi connectivity index (χ0n) is 15.3. The molecule has 2 fully saturated rings. The van der Waals surface area contributed by atoms with Crippen molar-refractivity contribution in [1.29, 1.82) is 0 Å². The second kappa shape index (κ2) is 7.86. The number of sulfonamides is 1. The Morgan fingerprint density at radius 1 is 1.30 bits per heavy atom. The van der Waals surface area contributed by atoms with Gasteiger partial charge in [0.25, 0.3) is 5.91 Å². The van der Waals surface area contributed by atoms with Crippen molar-refractivity contribution < 1.29 is 26.5 Å². The number of nitrogens with zero attached hydrogens (tertiary/aromatic N) is 1. The first kappa shape index (κ1) is 20.2. The maximum Gasteiger partial charge on any atom is 0.279 e. The van der Waals surface area contributed by atoms with E-state index in [-0.39, 0.29) is 34.9 Å². The van der Waals surface area contributed by atoms with E-state index in [0.717, 1.165) is 17.7 Å². The molecule has 8 nitrogen and oxygen atoms in total. The maximum atomic E-state index is 12.6. The van der Waals surface area contributed by atoms with Crippen LogP contribution >= 0.6 is 0 Å². The summed E-state index contributed by atoms with van der Waals surface area (Å²) in [5.74, 6) is 0.00965. The van der Waals surface area contributed by atoms with E-state index in [0.29, 0.717) is 25.2 Å². The number of carbonyl (C=O) groups excluding carboxylic acids is 1. The van der Waals surface area contributed by atoms with E-state index in [1.54, 1.807) is 19.2 Å². The lowest BCUT2D eigenvalue weighted by Crippen LogP contribution is -3.14. The van der Waals surface area contributed by atoms with Crippen molar-refractivity contribution >= 4 is 31.5 Å². The number of hydrogen-bond donors (Lipinski definition) is 2. The minimum Gasteiger partial charge on any atom is -0.326 e. The third-order valence-electron chi connectivity index (χ3n) is 5.19. The Balaban J connectivity index is 1.63. The Bertz CT molecular complexity index is 908. The van der Waals surface area contributed by atoms with Crippen LogP contribution in [0, 0.1) is 0 Å². The number of quaternary nitrogens is 1. The van der Waals surface area contributed by atoms with E-state index in [9.17, 15) is 21.6 Å². The smallest absolute Gasteiger partial charge is 0.279 e. The Labute approximate surface area is 160 Å². The van der Waals surface area contributed by atoms with Gasteiger partial charge in [0.15, 0.2) is 16.4 Å². The highest BCUT2D eigenvalue weighted by atomic mass is 32.2. The summed E-state index contributed by atoms with van der Waals surface area (Å²) < 4.78 is 49.9. The molecule has 0 bridgehead atoms. The van der Waals surface area contributed by atoms with Gasteiger partial charge in [0.1, 0.15) is 11.8 Å². The van der Waals surface area contributed by atoms with Crippen molar-refractivity contribution in [1.82, 2.24) is 4.31 Å². The van der Waals surface area contributed by atoms with Crippen LogP contribution in [0.4, 0.5) is 5.69 Å². The first-order valence-electron chi connectivity index (χ1n) is 9.10. The predicted molar refractivity (Wildman–Crippen MR) is 102 cm³/mol. The van der Waals surface area contributed by atoms with Gasteiger partial charge in [-0.15, -0.1) is 0 Å². The molecule has 0 aliphatic carbocycles. The molecule has 2 heterocycles. The molecule has 2 aliphatic rings. The molecule has 2 atom stereocenters. The molecule has 1 aromatic carbocycles. The summed E-state index contributed by atoms with van der Waals surface area (Å²) in [6, 6.07) is 6.18. The first-order chi connectivity index (χ1) is 12.7. The van der Waals surface area contributed by atoms with Crippen LogP contribution in [0.2, 0.25) is 0 Å². The fraction of sp³-hybridized carbons (Fsp3) is 0.588. The molecule has 1 unspecified atom stereocenters. The molecule has 0 saturated carbocycles. The Morgan fingerprint density at radius 3 is 2.63 bits per heavy atom. The number of benzene rings is 1. The Kier molecular flexibility index (Phi) is 5.90. The first-order valence-corrected chi connectivity index (χ1v) is 12.4. The summed E-state index contributed by atoms with van der Waals surface area (Å²) >= 11 is 0. The van der Waals surface area contributed by atoms with Crippen molar-refractivity contribution in [2.45, 2.75) is 30.2 Å². The topological polar surface area (TPSA) is 105 Å². The van der Waals surface area contributed by atoms with Crippen LogP contribution in [0.25, 0.3) is 0 Å². The van der Waals surface area contributed by atoms with E-state index >= 15 is 0 Å². The lowest BCUT2D eigenvalue weighted by molar-refractivity contribution is -0.894. The van der Waals surface area contributed by atoms with E-state index < -0.39 is 19.9 Å². The summed E-state index contributed by atoms with van der Waals surface area (Å²) in [7, 11) is -4.72. The molecule has 0 radical (unpaired) electrons. The molecular weight excluding hydrogens is 390 g/mol. The molecule has 150 valence electrons. The quantitative estimate of drug-likeness (QED) is 0.626. The van der Waals surface area contributed by atoms with Gasteiger partial charge in [0.05, 0.1) is 17.7 Å². The van der Waals surface area contributed by atoms with Crippen LogP contribution in [0.3, 0.4) is 0 Å². The standard InChI is InChI=1S/C17H25N3O5S2/c1-19(15-7-10-26(22,23)13-15)12-17(21)18-14-5-4-6-16(11-14)27(24,25)20-8-2-3-9-20/h4-6,11,15H,2-3,7-10,12-13H2,1H3,(H,18,21)/p+1/t15-/m0/s1. The third kappa shape index (κ3) is 4.87. The fourth-order valence-corrected chi connectivity index (χ4v) is 7.04. The number of hydrogen-bond acceptors (Lipinski definition) is 5. The lowest BCUT2D eigenvalue weighted by Gasteiger charge is -2.19. The number of anilines is 1. The molecule has 27 heavy (non-hydrogen) atoms. The molecule has 3 rings (SSSR count). The van der Waals surface area contributed by atoms with Gasteiger partial charge in [0.2, 0.25) is 10.0 Å². The summed E-state index contributed by atoms with van der Waals surface area (Å²) in [4.78, 5) is 13.3. The van der Waals surface area contributed by atoms with Crippen molar-refractivity contribution in [2.24, 2.45) is 0 Å². The number of rotatable bonds is 6. The molecule has 10 heteroatoms. The van der Waals surface area contributed by atoms with Crippen LogP contribution < -0.4 is 10.2 Å². The number of likely N-dealkylation sites (N-methyl/N-ethyl adjacent to an activating group) is 1. The average molecular weight is 417 g/mol. The molecule has 2 saturated heterocycles. The van der Waals surface area contributed by atoms with Gasteiger partial charge in [-0.3, -0.25) is 4.79 Å². The zero-order valence-corrected chi connectivity index (χ0v) is 17.0. The van der Waals surface area contributed by atoms with Crippen LogP contribution in [-0.4, -0.2) is 71.3 Å². The van der Waals surface area contributed by atoms with Gasteiger partial charge in [-0.2, -0.15) is 4.31 Å². The molecule has 2 aliphatic heterocycles. The molecule has 1 aromatic rings. The number of nitrogens with one attached hydrogen (secondary N) is 2. The average Bonchev–Trinajstić information content (AvgIpc) is 3.24. The molecule has 0 aromatic heterocycles. The third-order valence-corrected chi connectivity index (χ3v) is 8.85. The van der Waals surface area contributed by atoms with E-state index in [1.165, 1.54) is 16.4 Å². The molecule has 1 amide bonds. The predicted octanol–water partition coefficient (Wildman–Crippen LogP) is -0.889. The summed E-state index contributed by atoms with van der Waals surface area (Å²) in [6.07, 6.45) is 2.29. The Morgan fingerprint density at radius 2 is 2.00 bits per heavy atom. The van der Waals surface area contributed by atoms with Crippen LogP contribution in [0.5, 0.6) is 0 Å². The van der Waals surface area contributed by atoms with E-state index in [4.69, 9.17) is 0 Å². The largest absolute Gasteiger partial charge is 0.326 e. The Hall–Kier alpha value is -1.49. The van der Waals surface area contributed by atoms with Gasteiger partial charge in [0, 0.05) is 25.2 Å². The van der Waals surface area contributed by atoms with Crippen molar-refractivity contribution in [3.05, 3.63) is 24.3 Å². The van der Waals surface area contributed by atoms with E-state index in [1.807, 2.05) is 0 Å². The molecule has 2 N–H and O–H groups in total. The van der Waals surface area contributed by atoms with Gasteiger partial charge >= 0.3 is 0 Å². The summed E-state index contributed by atoms with van der Waals surface area (Å²) in [5, 5.41) is 2.73. The lowest BCUT2D eigenvalue weighted by atomic mass is 10.2. The second-order valence-corrected chi connectivity index (χ2v) is 11.5. The highest BCUT2D eigenvalue weighted by molar-refractivity contribution is 7.91. The summed E-state index contributed by atoms with van der Waals surface area (Å²) in [6.45, 7) is 1.18. The van der Waals surface area contributed by atoms with Gasteiger partial charge in [-0.25, -0.2) is 16.8 Å². The van der Waals surface area contributed by atoms with Gasteiger partial charge in [-0.05, 0) is 31.0 Å². The minimum atomic E-state index is -3.54. The second-order valence-electron chi connectivity index (χ2n) is 7.31. The van der Waals surface area contributed by atoms with Crippen molar-refractivity contribution in [3.8, 4) is 0 Å². The van der Waals surface area contributed by atoms with Crippen molar-refractivity contribution in [2.75, 3.05) is 43.5 Å². The fourth-order valence-electron chi connectivity index (χ4n) is 3.60. The van der Waals surface area contributed by atoms with Crippen LogP contribution in [0.15, 0.2) is 29.2 Å². The SMILES string of the molecule is C[NH+](CC(=O)Nc1cccc(S(=O)(=O)N2CCCC2)c1)[C@H]1CCS(=O)(=O)C1. The zero-order chi connectivity index (χ0) is 19.7. The number of amides is 1. The molecule has 0 spiro atoms. The molecular formula is C17H26N3O5S2+. The highest BCUT2D eigenvalue weighted by Crippen LogP contribution is 2.23. The van der Waals surface area contributed by atoms with Gasteiger partial charge < -0.3 is 10.2 Å². The van der Waals surface area contributed by atoms with Crippen LogP contribution in [0.1, 0.15) is 19.3 Å². The van der Waals surface area contributed by atoms with E-state index in [2.05, 4.69) is 5.32 Å². The normalized spacial score (nSPS) is 24.0. The number of sulfone groups is 1.